The predicted molar refractivity (Wildman–Crippen MR) is 142 cm³/mol. The summed E-state index contributed by atoms with van der Waals surface area (Å²) >= 11 is 13.4. The number of amides is 1. The SMILES string of the molecule is O=C(c1ccc(NS(=O)(=O)c2cccc3sc(Cl)nc23)cc1)N1CCC(O)(c2ccccc2Cl)CC1. The van der Waals surface area contributed by atoms with Crippen LogP contribution in [0, 0.1) is 0 Å². The van der Waals surface area contributed by atoms with Crippen molar-refractivity contribution in [1.82, 2.24) is 9.88 Å². The molecule has 0 spiro atoms. The van der Waals surface area contributed by atoms with Crippen LogP contribution in [-0.2, 0) is 15.6 Å². The molecule has 5 rings (SSSR count). The number of sulfonamides is 1. The molecule has 1 saturated heterocycles. The van der Waals surface area contributed by atoms with Crippen molar-refractivity contribution < 1.29 is 18.3 Å². The standard InChI is InChI=1S/C25H21Cl2N3O4S2/c26-19-5-2-1-4-18(19)25(32)12-14-30(15-13-25)23(31)16-8-10-17(11-9-16)29-36(33,34)21-7-3-6-20-22(21)28-24(27)35-20/h1-11,29,32H,12-15H2. The van der Waals surface area contributed by atoms with Crippen LogP contribution in [0.2, 0.25) is 9.49 Å². The zero-order chi connectivity index (χ0) is 25.5. The van der Waals surface area contributed by atoms with Crippen LogP contribution in [0.5, 0.6) is 0 Å². The minimum atomic E-state index is -3.92. The second-order valence-corrected chi connectivity index (χ2v) is 12.2. The average molecular weight is 563 g/mol. The summed E-state index contributed by atoms with van der Waals surface area (Å²) < 4.78 is 29.5. The maximum atomic E-state index is 13.0. The number of aromatic nitrogens is 1. The van der Waals surface area contributed by atoms with E-state index >= 15 is 0 Å². The van der Waals surface area contributed by atoms with Gasteiger partial charge in [0.2, 0.25) is 0 Å². The van der Waals surface area contributed by atoms with E-state index in [0.717, 1.165) is 0 Å². The lowest BCUT2D eigenvalue weighted by Gasteiger charge is -2.39. The van der Waals surface area contributed by atoms with Gasteiger partial charge in [-0.1, -0.05) is 47.5 Å². The number of likely N-dealkylation sites (tertiary alicyclic amines) is 1. The van der Waals surface area contributed by atoms with E-state index in [1.54, 1.807) is 47.4 Å². The Kier molecular flexibility index (Phi) is 6.69. The molecule has 36 heavy (non-hydrogen) atoms. The van der Waals surface area contributed by atoms with Crippen LogP contribution in [0.1, 0.15) is 28.8 Å². The van der Waals surface area contributed by atoms with Gasteiger partial charge in [0.25, 0.3) is 15.9 Å². The normalized spacial score (nSPS) is 15.7. The van der Waals surface area contributed by atoms with Gasteiger partial charge in [-0.05, 0) is 55.3 Å². The Morgan fingerprint density at radius 1 is 1.00 bits per heavy atom. The van der Waals surface area contributed by atoms with Gasteiger partial charge in [-0.25, -0.2) is 13.4 Å². The molecule has 1 aliphatic rings. The number of hydrogen-bond donors (Lipinski definition) is 2. The molecule has 1 fully saturated rings. The van der Waals surface area contributed by atoms with Gasteiger partial charge in [-0.15, -0.1) is 11.3 Å². The van der Waals surface area contributed by atoms with Crippen LogP contribution < -0.4 is 4.72 Å². The first-order chi connectivity index (χ1) is 17.2. The number of hydrogen-bond acceptors (Lipinski definition) is 6. The summed E-state index contributed by atoms with van der Waals surface area (Å²) in [5.41, 5.74) is 0.646. The molecular weight excluding hydrogens is 541 g/mol. The molecule has 1 amide bonds. The number of fused-ring (bicyclic) bond motifs is 1. The monoisotopic (exact) mass is 561 g/mol. The molecule has 2 N–H and O–H groups in total. The molecule has 0 unspecified atom stereocenters. The van der Waals surface area contributed by atoms with Crippen LogP contribution in [0.4, 0.5) is 5.69 Å². The second-order valence-electron chi connectivity index (χ2n) is 8.56. The Balaban J connectivity index is 1.27. The van der Waals surface area contributed by atoms with Gasteiger partial charge in [0.15, 0.2) is 4.47 Å². The van der Waals surface area contributed by atoms with Gasteiger partial charge in [-0.3, -0.25) is 9.52 Å². The van der Waals surface area contributed by atoms with Crippen LogP contribution >= 0.6 is 34.5 Å². The number of para-hydroxylation sites is 1. The van der Waals surface area contributed by atoms with Crippen molar-refractivity contribution in [2.75, 3.05) is 17.8 Å². The molecule has 0 radical (unpaired) electrons. The molecular formula is C25H21Cl2N3O4S2. The highest BCUT2D eigenvalue weighted by Gasteiger charge is 2.37. The lowest BCUT2D eigenvalue weighted by Crippen LogP contribution is -2.45. The van der Waals surface area contributed by atoms with Crippen molar-refractivity contribution in [2.45, 2.75) is 23.3 Å². The number of benzene rings is 3. The predicted octanol–water partition coefficient (Wildman–Crippen LogP) is 5.53. The molecule has 0 atom stereocenters. The summed E-state index contributed by atoms with van der Waals surface area (Å²) in [5.74, 6) is -0.188. The number of thiazole rings is 1. The van der Waals surface area contributed by atoms with Gasteiger partial charge in [0, 0.05) is 34.9 Å². The second kappa shape index (κ2) is 9.64. The van der Waals surface area contributed by atoms with Crippen molar-refractivity contribution in [3.63, 3.8) is 0 Å². The number of aliphatic hydroxyl groups is 1. The third-order valence-corrected chi connectivity index (χ3v) is 9.15. The number of halogens is 2. The van der Waals surface area contributed by atoms with Crippen LogP contribution in [0.3, 0.4) is 0 Å². The zero-order valence-electron chi connectivity index (χ0n) is 18.8. The number of piperidine rings is 1. The Morgan fingerprint density at radius 2 is 1.69 bits per heavy atom. The van der Waals surface area contributed by atoms with Crippen molar-refractivity contribution in [1.29, 1.82) is 0 Å². The van der Waals surface area contributed by atoms with Gasteiger partial charge < -0.3 is 10.0 Å². The number of rotatable bonds is 5. The zero-order valence-corrected chi connectivity index (χ0v) is 22.0. The van der Waals surface area contributed by atoms with Gasteiger partial charge in [0.05, 0.1) is 10.3 Å². The number of nitrogens with one attached hydrogen (secondary N) is 1. The van der Waals surface area contributed by atoms with Crippen molar-refractivity contribution in [3.8, 4) is 0 Å². The number of carbonyl (C=O) groups is 1. The van der Waals surface area contributed by atoms with Crippen LogP contribution in [0.15, 0.2) is 71.6 Å². The minimum Gasteiger partial charge on any atom is -0.385 e. The highest BCUT2D eigenvalue weighted by atomic mass is 35.5. The fourth-order valence-electron chi connectivity index (χ4n) is 4.37. The molecule has 3 aromatic carbocycles. The third kappa shape index (κ3) is 4.81. The number of anilines is 1. The Hall–Kier alpha value is -2.69. The summed E-state index contributed by atoms with van der Waals surface area (Å²) in [5, 5.41) is 11.6. The van der Waals surface area contributed by atoms with Crippen molar-refractivity contribution in [3.05, 3.63) is 87.3 Å². The van der Waals surface area contributed by atoms with E-state index in [2.05, 4.69) is 9.71 Å². The lowest BCUT2D eigenvalue weighted by molar-refractivity contribution is -0.0210. The summed E-state index contributed by atoms with van der Waals surface area (Å²) in [6.45, 7) is 0.740. The van der Waals surface area contributed by atoms with Crippen molar-refractivity contribution in [2.24, 2.45) is 0 Å². The van der Waals surface area contributed by atoms with Gasteiger partial charge in [0.1, 0.15) is 10.4 Å². The summed E-state index contributed by atoms with van der Waals surface area (Å²) in [6, 6.07) is 18.3. The minimum absolute atomic E-state index is 0.0302. The molecule has 0 bridgehead atoms. The topological polar surface area (TPSA) is 99.6 Å². The smallest absolute Gasteiger partial charge is 0.264 e. The maximum Gasteiger partial charge on any atom is 0.264 e. The summed E-state index contributed by atoms with van der Waals surface area (Å²) in [4.78, 5) is 18.9. The molecule has 2 heterocycles. The quantitative estimate of drug-likeness (QED) is 0.334. The lowest BCUT2D eigenvalue weighted by atomic mass is 9.84. The maximum absolute atomic E-state index is 13.0. The third-order valence-electron chi connectivity index (χ3n) is 6.28. The van der Waals surface area contributed by atoms with E-state index < -0.39 is 15.6 Å². The van der Waals surface area contributed by atoms with Gasteiger partial charge in [-0.2, -0.15) is 0 Å². The largest absolute Gasteiger partial charge is 0.385 e. The molecule has 1 aliphatic heterocycles. The highest BCUT2D eigenvalue weighted by Crippen LogP contribution is 2.37. The summed E-state index contributed by atoms with van der Waals surface area (Å²) in [6.07, 6.45) is 0.735. The first-order valence-electron chi connectivity index (χ1n) is 11.1. The number of carbonyl (C=O) groups excluding carboxylic acids is 1. The van der Waals surface area contributed by atoms with Gasteiger partial charge >= 0.3 is 0 Å². The molecule has 4 aromatic rings. The highest BCUT2D eigenvalue weighted by molar-refractivity contribution is 7.93. The van der Waals surface area contributed by atoms with Crippen LogP contribution in [-0.4, -0.2) is 42.4 Å². The van der Waals surface area contributed by atoms with E-state index in [4.69, 9.17) is 23.2 Å². The molecule has 7 nitrogen and oxygen atoms in total. The Bertz CT molecular complexity index is 1550. The molecule has 0 aliphatic carbocycles. The van der Waals surface area contributed by atoms with E-state index in [-0.39, 0.29) is 15.3 Å². The number of nitrogens with zero attached hydrogens (tertiary/aromatic N) is 2. The fourth-order valence-corrected chi connectivity index (χ4v) is 7.03. The molecule has 0 saturated carbocycles. The molecule has 1 aromatic heterocycles. The van der Waals surface area contributed by atoms with E-state index in [9.17, 15) is 18.3 Å². The Morgan fingerprint density at radius 3 is 2.39 bits per heavy atom. The first-order valence-corrected chi connectivity index (χ1v) is 14.2. The van der Waals surface area contributed by atoms with E-state index in [1.807, 2.05) is 18.2 Å². The molecule has 186 valence electrons. The van der Waals surface area contributed by atoms with Crippen molar-refractivity contribution >= 4 is 66.4 Å². The van der Waals surface area contributed by atoms with Crippen LogP contribution in [0.25, 0.3) is 10.2 Å². The fraction of sp³-hybridized carbons (Fsp3) is 0.200. The summed E-state index contributed by atoms with van der Waals surface area (Å²) in [7, 11) is -3.92. The Labute approximate surface area is 222 Å². The van der Waals surface area contributed by atoms with E-state index in [1.165, 1.54) is 17.4 Å². The first kappa shape index (κ1) is 25.0. The van der Waals surface area contributed by atoms with E-state index in [0.29, 0.717) is 58.0 Å². The molecule has 11 heteroatoms. The average Bonchev–Trinajstić information content (AvgIpc) is 3.24.